The van der Waals surface area contributed by atoms with E-state index in [2.05, 4.69) is 66.5 Å². The van der Waals surface area contributed by atoms with Gasteiger partial charge in [0.1, 0.15) is 0 Å². The summed E-state index contributed by atoms with van der Waals surface area (Å²) in [5, 5.41) is 2.18. The Kier molecular flexibility index (Phi) is 4.53. The Hall–Kier alpha value is -2.94. The zero-order valence-corrected chi connectivity index (χ0v) is 16.2. The lowest BCUT2D eigenvalue weighted by Crippen LogP contribution is -2.33. The molecule has 0 bridgehead atoms. The van der Waals surface area contributed by atoms with Gasteiger partial charge in [-0.25, -0.2) is 4.98 Å². The highest BCUT2D eigenvalue weighted by atomic mass is 16.3. The van der Waals surface area contributed by atoms with E-state index in [4.69, 9.17) is 4.42 Å². The van der Waals surface area contributed by atoms with Crippen molar-refractivity contribution in [3.8, 4) is 11.3 Å². The Labute approximate surface area is 160 Å². The monoisotopic (exact) mass is 357 g/mol. The molecule has 0 N–H and O–H groups in total. The first kappa shape index (κ1) is 17.5. The third-order valence-electron chi connectivity index (χ3n) is 5.12. The van der Waals surface area contributed by atoms with Crippen molar-refractivity contribution < 1.29 is 8.98 Å². The molecule has 0 spiro atoms. The molecule has 136 valence electrons. The Bertz CT molecular complexity index is 1150. The number of nitrogens with zero attached hydrogens (tertiary/aromatic N) is 2. The number of allylic oxidation sites excluding steroid dienone is 1. The summed E-state index contributed by atoms with van der Waals surface area (Å²) in [7, 11) is 0. The van der Waals surface area contributed by atoms with Crippen LogP contribution in [0.2, 0.25) is 0 Å². The number of rotatable bonds is 5. The van der Waals surface area contributed by atoms with Crippen LogP contribution >= 0.6 is 0 Å². The normalized spacial score (nSPS) is 11.4. The minimum Gasteiger partial charge on any atom is -0.437 e. The number of benzene rings is 1. The Morgan fingerprint density at radius 1 is 1.07 bits per heavy atom. The highest BCUT2D eigenvalue weighted by Crippen LogP contribution is 2.37. The Morgan fingerprint density at radius 2 is 1.89 bits per heavy atom. The van der Waals surface area contributed by atoms with Crippen LogP contribution in [0.1, 0.15) is 37.9 Å². The number of aromatic nitrogens is 2. The lowest BCUT2D eigenvalue weighted by Gasteiger charge is -2.10. The molecule has 0 radical (unpaired) electrons. The van der Waals surface area contributed by atoms with Crippen LogP contribution in [0.25, 0.3) is 39.0 Å². The van der Waals surface area contributed by atoms with Gasteiger partial charge in [-0.3, -0.25) is 0 Å². The molecule has 0 aliphatic heterocycles. The van der Waals surface area contributed by atoms with Gasteiger partial charge in [0, 0.05) is 35.0 Å². The Balaban J connectivity index is 2.10. The van der Waals surface area contributed by atoms with Gasteiger partial charge in [0.2, 0.25) is 11.4 Å². The molecule has 0 atom stereocenters. The van der Waals surface area contributed by atoms with E-state index in [1.165, 1.54) is 5.56 Å². The number of aryl methyl sites for hydroxylation is 2. The van der Waals surface area contributed by atoms with Crippen LogP contribution in [-0.2, 0) is 6.42 Å². The second kappa shape index (κ2) is 6.99. The lowest BCUT2D eigenvalue weighted by molar-refractivity contribution is -0.571. The van der Waals surface area contributed by atoms with Gasteiger partial charge < -0.3 is 4.42 Å². The molecular formula is C24H25N2O+. The maximum absolute atomic E-state index is 6.32. The van der Waals surface area contributed by atoms with Gasteiger partial charge in [-0.05, 0) is 43.7 Å². The topological polar surface area (TPSA) is 29.9 Å². The SMILES string of the molecule is C=C(CC)[n+]1ccccc1-c1c(CCC)ccc2c1oc1nc(C)ccc12. The molecular weight excluding hydrogens is 332 g/mol. The van der Waals surface area contributed by atoms with Crippen molar-refractivity contribution in [1.82, 2.24) is 4.98 Å². The summed E-state index contributed by atoms with van der Waals surface area (Å²) in [5.74, 6) is 0. The fourth-order valence-corrected chi connectivity index (χ4v) is 3.71. The van der Waals surface area contributed by atoms with E-state index in [0.29, 0.717) is 5.71 Å². The minimum absolute atomic E-state index is 0.705. The van der Waals surface area contributed by atoms with Crippen LogP contribution in [0, 0.1) is 6.92 Å². The number of hydrogen-bond acceptors (Lipinski definition) is 2. The van der Waals surface area contributed by atoms with Gasteiger partial charge in [-0.15, -0.1) is 0 Å². The molecule has 0 saturated carbocycles. The van der Waals surface area contributed by atoms with E-state index in [9.17, 15) is 0 Å². The van der Waals surface area contributed by atoms with Crippen molar-refractivity contribution in [3.05, 3.63) is 66.5 Å². The third-order valence-corrected chi connectivity index (χ3v) is 5.12. The molecule has 0 saturated heterocycles. The standard InChI is InChI=1S/C24H25N2O/c1-5-9-18-12-14-19-20-13-11-16(3)25-24(20)27-23(19)22(18)21-10-7-8-15-26(21)17(4)6-2/h7-8,10-15H,4-6,9H2,1-3H3/q+1. The molecule has 0 unspecified atom stereocenters. The summed E-state index contributed by atoms with van der Waals surface area (Å²) in [5.41, 5.74) is 7.22. The van der Waals surface area contributed by atoms with Crippen molar-refractivity contribution in [2.45, 2.75) is 40.0 Å². The Morgan fingerprint density at radius 3 is 2.67 bits per heavy atom. The third kappa shape index (κ3) is 2.93. The number of hydrogen-bond donors (Lipinski definition) is 0. The zero-order valence-electron chi connectivity index (χ0n) is 16.2. The maximum atomic E-state index is 6.32. The number of furan rings is 1. The molecule has 3 aromatic heterocycles. The highest BCUT2D eigenvalue weighted by Gasteiger charge is 2.24. The predicted octanol–water partition coefficient (Wildman–Crippen LogP) is 6.08. The lowest BCUT2D eigenvalue weighted by atomic mass is 9.96. The molecule has 0 amide bonds. The summed E-state index contributed by atoms with van der Waals surface area (Å²) >= 11 is 0. The zero-order chi connectivity index (χ0) is 19.0. The van der Waals surface area contributed by atoms with E-state index in [0.717, 1.165) is 58.3 Å². The maximum Gasteiger partial charge on any atom is 0.227 e. The quantitative estimate of drug-likeness (QED) is 0.405. The second-order valence-electron chi connectivity index (χ2n) is 7.01. The smallest absolute Gasteiger partial charge is 0.227 e. The van der Waals surface area contributed by atoms with E-state index < -0.39 is 0 Å². The number of pyridine rings is 2. The molecule has 4 rings (SSSR count). The van der Waals surface area contributed by atoms with Gasteiger partial charge in [0.05, 0.1) is 5.56 Å². The first-order chi connectivity index (χ1) is 13.1. The van der Waals surface area contributed by atoms with E-state index >= 15 is 0 Å². The van der Waals surface area contributed by atoms with Crippen LogP contribution in [0.4, 0.5) is 0 Å². The molecule has 3 heterocycles. The molecule has 27 heavy (non-hydrogen) atoms. The summed E-state index contributed by atoms with van der Waals surface area (Å²) in [4.78, 5) is 4.61. The van der Waals surface area contributed by atoms with Gasteiger partial charge in [0.15, 0.2) is 17.5 Å². The first-order valence-electron chi connectivity index (χ1n) is 9.65. The van der Waals surface area contributed by atoms with Crippen LogP contribution in [0.5, 0.6) is 0 Å². The predicted molar refractivity (Wildman–Crippen MR) is 111 cm³/mol. The summed E-state index contributed by atoms with van der Waals surface area (Å²) in [6.07, 6.45) is 5.06. The van der Waals surface area contributed by atoms with E-state index in [1.807, 2.05) is 19.1 Å². The van der Waals surface area contributed by atoms with Crippen LogP contribution in [0.3, 0.4) is 0 Å². The molecule has 4 aromatic rings. The molecule has 0 aliphatic rings. The minimum atomic E-state index is 0.705. The average Bonchev–Trinajstić information content (AvgIpc) is 3.05. The van der Waals surface area contributed by atoms with Gasteiger partial charge in [0.25, 0.3) is 0 Å². The summed E-state index contributed by atoms with van der Waals surface area (Å²) < 4.78 is 8.50. The fourth-order valence-electron chi connectivity index (χ4n) is 3.71. The molecule has 0 fully saturated rings. The van der Waals surface area contributed by atoms with Gasteiger partial charge in [-0.2, -0.15) is 4.57 Å². The van der Waals surface area contributed by atoms with Crippen LogP contribution < -0.4 is 4.57 Å². The summed E-state index contributed by atoms with van der Waals surface area (Å²) in [6.45, 7) is 10.6. The number of fused-ring (bicyclic) bond motifs is 3. The highest BCUT2D eigenvalue weighted by molar-refractivity contribution is 6.08. The molecule has 3 nitrogen and oxygen atoms in total. The fraction of sp³-hybridized carbons (Fsp3) is 0.250. The van der Waals surface area contributed by atoms with Crippen molar-refractivity contribution in [3.63, 3.8) is 0 Å². The first-order valence-corrected chi connectivity index (χ1v) is 9.65. The van der Waals surface area contributed by atoms with Crippen molar-refractivity contribution in [2.24, 2.45) is 0 Å². The van der Waals surface area contributed by atoms with Gasteiger partial charge >= 0.3 is 0 Å². The van der Waals surface area contributed by atoms with Crippen molar-refractivity contribution in [2.75, 3.05) is 0 Å². The average molecular weight is 357 g/mol. The van der Waals surface area contributed by atoms with E-state index in [1.54, 1.807) is 0 Å². The molecule has 0 aliphatic carbocycles. The second-order valence-corrected chi connectivity index (χ2v) is 7.01. The van der Waals surface area contributed by atoms with E-state index in [-0.39, 0.29) is 0 Å². The van der Waals surface area contributed by atoms with Crippen molar-refractivity contribution in [1.29, 1.82) is 0 Å². The molecule has 1 aromatic carbocycles. The van der Waals surface area contributed by atoms with Crippen molar-refractivity contribution >= 4 is 27.8 Å². The van der Waals surface area contributed by atoms with Crippen LogP contribution in [0.15, 0.2) is 59.7 Å². The summed E-state index contributed by atoms with van der Waals surface area (Å²) in [6, 6.07) is 14.8. The van der Waals surface area contributed by atoms with Gasteiger partial charge in [-0.1, -0.05) is 32.4 Å². The largest absolute Gasteiger partial charge is 0.437 e. The van der Waals surface area contributed by atoms with Crippen LogP contribution in [-0.4, -0.2) is 4.98 Å². The molecule has 3 heteroatoms.